The van der Waals surface area contributed by atoms with Crippen molar-refractivity contribution in [2.45, 2.75) is 31.3 Å². The highest BCUT2D eigenvalue weighted by Crippen LogP contribution is 2.38. The lowest BCUT2D eigenvalue weighted by molar-refractivity contribution is -0.0317. The molecule has 2 amide bonds. The molecule has 2 aliphatic heterocycles. The van der Waals surface area contributed by atoms with Crippen LogP contribution in [-0.4, -0.2) is 58.3 Å². The molecule has 2 aliphatic rings. The SMILES string of the molecule is NCCc1nnc([C@H]2CC[C@@H]3CN2C(=O)N3OS(=O)(=O)O)o1. The van der Waals surface area contributed by atoms with Crippen LogP contribution in [0.1, 0.15) is 30.7 Å². The van der Waals surface area contributed by atoms with Crippen LogP contribution < -0.4 is 5.73 Å². The number of carbonyl (C=O) groups excluding carboxylic acids is 1. The summed E-state index contributed by atoms with van der Waals surface area (Å²) < 4.78 is 40.2. The molecule has 0 aliphatic carbocycles. The quantitative estimate of drug-likeness (QED) is 0.662. The predicted molar refractivity (Wildman–Crippen MR) is 69.4 cm³/mol. The Morgan fingerprint density at radius 1 is 1.41 bits per heavy atom. The largest absolute Gasteiger partial charge is 0.423 e. The summed E-state index contributed by atoms with van der Waals surface area (Å²) in [5.74, 6) is 0.668. The third-order valence-corrected chi connectivity index (χ3v) is 3.97. The predicted octanol–water partition coefficient (Wildman–Crippen LogP) is -0.754. The molecule has 2 saturated heterocycles. The first-order chi connectivity index (χ1) is 10.4. The second kappa shape index (κ2) is 5.46. The van der Waals surface area contributed by atoms with Crippen molar-refractivity contribution in [2.24, 2.45) is 5.73 Å². The van der Waals surface area contributed by atoms with E-state index in [1.54, 1.807) is 0 Å². The fraction of sp³-hybridized carbons (Fsp3) is 0.700. The van der Waals surface area contributed by atoms with Crippen LogP contribution in [0.2, 0.25) is 0 Å². The molecule has 11 nitrogen and oxygen atoms in total. The fourth-order valence-electron chi connectivity index (χ4n) is 2.71. The molecule has 0 saturated carbocycles. The first-order valence-electron chi connectivity index (χ1n) is 6.68. The van der Waals surface area contributed by atoms with Gasteiger partial charge in [-0.25, -0.2) is 4.79 Å². The van der Waals surface area contributed by atoms with Crippen molar-refractivity contribution >= 4 is 16.4 Å². The zero-order valence-electron chi connectivity index (χ0n) is 11.5. The van der Waals surface area contributed by atoms with Gasteiger partial charge >= 0.3 is 16.4 Å². The summed E-state index contributed by atoms with van der Waals surface area (Å²) in [6.07, 6.45) is 1.44. The van der Waals surface area contributed by atoms with Crippen LogP contribution in [0.3, 0.4) is 0 Å². The average Bonchev–Trinajstić information content (AvgIpc) is 2.99. The van der Waals surface area contributed by atoms with Gasteiger partial charge in [-0.05, 0) is 12.8 Å². The van der Waals surface area contributed by atoms with Crippen molar-refractivity contribution in [3.05, 3.63) is 11.8 Å². The van der Waals surface area contributed by atoms with Crippen LogP contribution in [0.5, 0.6) is 0 Å². The lowest BCUT2D eigenvalue weighted by Crippen LogP contribution is -2.35. The molecule has 0 unspecified atom stereocenters. The molecule has 2 atom stereocenters. The summed E-state index contributed by atoms with van der Waals surface area (Å²) in [5.41, 5.74) is 5.41. The number of hydroxylamine groups is 2. The minimum Gasteiger partial charge on any atom is -0.423 e. The number of amides is 2. The number of nitrogens with two attached hydrogens (primary N) is 1. The van der Waals surface area contributed by atoms with Gasteiger partial charge in [0.1, 0.15) is 6.04 Å². The Bertz CT molecular complexity index is 675. The summed E-state index contributed by atoms with van der Waals surface area (Å²) in [4.78, 5) is 13.6. The molecule has 0 aromatic carbocycles. The van der Waals surface area contributed by atoms with Gasteiger partial charge in [0.25, 0.3) is 0 Å². The number of hydrogen-bond acceptors (Lipinski definition) is 8. The molecule has 0 radical (unpaired) electrons. The number of aromatic nitrogens is 2. The van der Waals surface area contributed by atoms with Crippen molar-refractivity contribution in [3.8, 4) is 0 Å². The average molecular weight is 333 g/mol. The summed E-state index contributed by atoms with van der Waals surface area (Å²) in [6, 6.07) is -1.56. The molecule has 3 rings (SSSR count). The van der Waals surface area contributed by atoms with Crippen LogP contribution in [0.4, 0.5) is 4.79 Å². The maximum absolute atomic E-state index is 12.2. The van der Waals surface area contributed by atoms with Crippen LogP contribution in [0, 0.1) is 0 Å². The monoisotopic (exact) mass is 333 g/mol. The molecule has 2 fully saturated rings. The number of nitrogens with zero attached hydrogens (tertiary/aromatic N) is 4. The number of piperidine rings is 1. The highest BCUT2D eigenvalue weighted by Gasteiger charge is 2.49. The van der Waals surface area contributed by atoms with Gasteiger partial charge in [0.05, 0.1) is 6.04 Å². The maximum atomic E-state index is 12.2. The Labute approximate surface area is 125 Å². The van der Waals surface area contributed by atoms with Crippen LogP contribution in [0.15, 0.2) is 4.42 Å². The summed E-state index contributed by atoms with van der Waals surface area (Å²) in [7, 11) is -4.75. The van der Waals surface area contributed by atoms with Gasteiger partial charge < -0.3 is 15.1 Å². The number of carbonyl (C=O) groups is 1. The van der Waals surface area contributed by atoms with Crippen LogP contribution in [0.25, 0.3) is 0 Å². The van der Waals surface area contributed by atoms with E-state index in [-0.39, 0.29) is 12.4 Å². The number of rotatable bonds is 5. The van der Waals surface area contributed by atoms with E-state index >= 15 is 0 Å². The van der Waals surface area contributed by atoms with E-state index < -0.39 is 28.5 Å². The summed E-state index contributed by atoms with van der Waals surface area (Å²) in [6.45, 7) is 0.626. The minimum absolute atomic E-state index is 0.258. The molecule has 122 valence electrons. The normalized spacial score (nSPS) is 25.1. The van der Waals surface area contributed by atoms with Crippen molar-refractivity contribution in [1.29, 1.82) is 0 Å². The van der Waals surface area contributed by atoms with E-state index in [0.717, 1.165) is 0 Å². The third-order valence-electron chi connectivity index (χ3n) is 3.62. The fourth-order valence-corrected chi connectivity index (χ4v) is 3.10. The zero-order chi connectivity index (χ0) is 15.9. The van der Waals surface area contributed by atoms with Gasteiger partial charge in [0.15, 0.2) is 0 Å². The van der Waals surface area contributed by atoms with Gasteiger partial charge in [-0.1, -0.05) is 0 Å². The second-order valence-electron chi connectivity index (χ2n) is 5.08. The van der Waals surface area contributed by atoms with Gasteiger partial charge in [-0.15, -0.1) is 14.5 Å². The Balaban J connectivity index is 1.79. The van der Waals surface area contributed by atoms with Crippen LogP contribution >= 0.6 is 0 Å². The molecule has 1 aromatic heterocycles. The van der Waals surface area contributed by atoms with Crippen molar-refractivity contribution in [2.75, 3.05) is 13.1 Å². The first-order valence-corrected chi connectivity index (χ1v) is 8.04. The lowest BCUT2D eigenvalue weighted by Gasteiger charge is -2.27. The Morgan fingerprint density at radius 3 is 2.86 bits per heavy atom. The Hall–Kier alpha value is -1.76. The van der Waals surface area contributed by atoms with Gasteiger partial charge in [-0.2, -0.15) is 13.5 Å². The highest BCUT2D eigenvalue weighted by atomic mass is 32.3. The molecule has 22 heavy (non-hydrogen) atoms. The lowest BCUT2D eigenvalue weighted by atomic mass is 10.0. The van der Waals surface area contributed by atoms with Crippen molar-refractivity contribution in [1.82, 2.24) is 20.2 Å². The molecular formula is C10H15N5O6S. The number of urea groups is 1. The van der Waals surface area contributed by atoms with E-state index in [2.05, 4.69) is 14.5 Å². The number of hydrogen-bond donors (Lipinski definition) is 2. The summed E-state index contributed by atoms with van der Waals surface area (Å²) >= 11 is 0. The molecule has 0 spiro atoms. The Kier molecular flexibility index (Phi) is 3.76. The number of fused-ring (bicyclic) bond motifs is 2. The van der Waals surface area contributed by atoms with E-state index in [1.807, 2.05) is 0 Å². The maximum Gasteiger partial charge on any atom is 0.418 e. The van der Waals surface area contributed by atoms with Gasteiger partial charge in [-0.3, -0.25) is 4.55 Å². The minimum atomic E-state index is -4.75. The molecule has 3 heterocycles. The van der Waals surface area contributed by atoms with Crippen molar-refractivity contribution in [3.63, 3.8) is 0 Å². The molecule has 3 N–H and O–H groups in total. The third kappa shape index (κ3) is 2.77. The van der Waals surface area contributed by atoms with E-state index in [0.29, 0.717) is 36.8 Å². The molecule has 1 aromatic rings. The second-order valence-corrected chi connectivity index (χ2v) is 6.09. The molecule has 12 heteroatoms. The smallest absolute Gasteiger partial charge is 0.418 e. The van der Waals surface area contributed by atoms with E-state index in [4.69, 9.17) is 14.7 Å². The highest BCUT2D eigenvalue weighted by molar-refractivity contribution is 7.80. The van der Waals surface area contributed by atoms with Crippen molar-refractivity contribution < 1.29 is 26.5 Å². The molecule has 2 bridgehead atoms. The standard InChI is InChI=1S/C10H15N5O6S/c11-4-3-8-12-13-9(20-8)7-2-1-6-5-14(7)10(16)15(6)21-22(17,18)19/h6-7H,1-5,11H2,(H,17,18,19)/t6-,7-/m1/s1. The van der Waals surface area contributed by atoms with Crippen LogP contribution in [-0.2, 0) is 21.1 Å². The van der Waals surface area contributed by atoms with Gasteiger partial charge in [0.2, 0.25) is 11.8 Å². The topological polar surface area (TPSA) is 152 Å². The zero-order valence-corrected chi connectivity index (χ0v) is 12.3. The summed E-state index contributed by atoms with van der Waals surface area (Å²) in [5, 5.41) is 8.44. The van der Waals surface area contributed by atoms with Gasteiger partial charge in [0, 0.05) is 19.5 Å². The van der Waals surface area contributed by atoms with E-state index in [1.165, 1.54) is 4.90 Å². The van der Waals surface area contributed by atoms with E-state index in [9.17, 15) is 13.2 Å². The molecular weight excluding hydrogens is 318 g/mol. The first kappa shape index (κ1) is 15.1. The Morgan fingerprint density at radius 2 is 2.18 bits per heavy atom.